The first-order chi connectivity index (χ1) is 45.0. The summed E-state index contributed by atoms with van der Waals surface area (Å²) in [5.74, 6) is -12.1. The molecular formula is C76H130Fe6N2O28. The molecule has 0 atom stereocenters. The number of carboxylic acid groups (broad SMARTS) is 12. The van der Waals surface area contributed by atoms with E-state index in [1.807, 2.05) is 38.4 Å². The SMILES string of the molecule is CC(C)(C)C(=O)[O-].CC(C)(C)C(=O)[O-].CC(C)(C)C(=O)[O-].CC(C)(C)C(=O)[O-].CC(C)(C)C(=O)[O-].CC(C)(C)C(=O)[O-].CC(C)(C)C(=O)[O-].CC(C)(C)C(=O)[O-].CC(C)(C)C(=O)[O-].CC(C)(C)C(=O)[O-].CC(C)(C)C(=O)[O-].CC(C)(C)C(=O)[O-].CCc1ccc(C)nc1.CCc1ccc(C)nc1.[Fe+3].[Fe+3].[Fe+3].[Fe+3].[Fe+3].[Fe+3].[O-2].[O-2].[O-][O-]. The van der Waals surface area contributed by atoms with Crippen molar-refractivity contribution in [1.29, 1.82) is 0 Å². The van der Waals surface area contributed by atoms with Crippen LogP contribution in [0.4, 0.5) is 0 Å². The normalized spacial score (nSPS) is 10.1. The molecule has 0 fully saturated rings. The molecule has 660 valence electrons. The fourth-order valence-electron chi connectivity index (χ4n) is 1.42. The number of hydrogen-bond acceptors (Lipinski definition) is 28. The Bertz CT molecular complexity index is 2210. The van der Waals surface area contributed by atoms with Crippen LogP contribution < -0.4 is 71.8 Å². The smallest absolute Gasteiger partial charge is 2.00 e. The molecule has 0 aliphatic carbocycles. The van der Waals surface area contributed by atoms with Gasteiger partial charge in [-0.2, -0.15) is 0 Å². The predicted molar refractivity (Wildman–Crippen MR) is 372 cm³/mol. The third kappa shape index (κ3) is 137. The van der Waals surface area contributed by atoms with Crippen molar-refractivity contribution in [2.24, 2.45) is 65.0 Å². The Morgan fingerprint density at radius 2 is 0.295 bits per heavy atom. The van der Waals surface area contributed by atoms with E-state index >= 15 is 0 Å². The van der Waals surface area contributed by atoms with Crippen LogP contribution in [0, 0.1) is 78.8 Å². The summed E-state index contributed by atoms with van der Waals surface area (Å²) >= 11 is 0. The van der Waals surface area contributed by atoms with Crippen LogP contribution in [0.3, 0.4) is 0 Å². The number of carbonyl (C=O) groups excluding carboxylic acids is 12. The second-order valence-electron chi connectivity index (χ2n) is 34.8. The van der Waals surface area contributed by atoms with Gasteiger partial charge in [0.05, 0.1) is 0 Å². The fourth-order valence-corrected chi connectivity index (χ4v) is 1.42. The molecular weight excluding hydrogens is 1720 g/mol. The van der Waals surface area contributed by atoms with E-state index in [1.165, 1.54) is 11.1 Å². The summed E-state index contributed by atoms with van der Waals surface area (Å²) in [5.41, 5.74) is -3.54. The van der Waals surface area contributed by atoms with Gasteiger partial charge in [0, 0.05) is 160 Å². The molecule has 0 aliphatic rings. The van der Waals surface area contributed by atoms with Gasteiger partial charge in [0.15, 0.2) is 0 Å². The van der Waals surface area contributed by atoms with E-state index in [0.717, 1.165) is 24.2 Å². The van der Waals surface area contributed by atoms with Crippen molar-refractivity contribution >= 4 is 71.6 Å². The van der Waals surface area contributed by atoms with Crippen LogP contribution in [0.2, 0.25) is 0 Å². The number of carbonyl (C=O) groups is 12. The van der Waals surface area contributed by atoms with Gasteiger partial charge in [0.25, 0.3) is 0 Å². The standard InChI is InChI=1S/2C8H11N.12C5H10O2.6Fe.O2.2O/c2*1-3-8-5-4-7(2)9-6-8;12*1-5(2,3)4(6)7;;;;;;;1-2;;/h2*4-6H,3H2,1-2H3;12*1-3H3,(H,6,7);;;;;;;;;/q;;;;;;;;;;;;;;6*+3;3*-2/p-12. The average molecular weight is 1850 g/mol. The van der Waals surface area contributed by atoms with Gasteiger partial charge in [-0.25, -0.2) is 0 Å². The molecule has 0 aliphatic heterocycles. The first-order valence-corrected chi connectivity index (χ1v) is 32.5. The first-order valence-electron chi connectivity index (χ1n) is 32.5. The number of hydrogen-bond donors (Lipinski definition) is 0. The molecule has 0 saturated heterocycles. The zero-order chi connectivity index (χ0) is 88.3. The molecule has 30 nitrogen and oxygen atoms in total. The van der Waals surface area contributed by atoms with Crippen molar-refractivity contribution in [3.05, 3.63) is 59.2 Å². The maximum atomic E-state index is 9.91. The minimum Gasteiger partial charge on any atom is -2.00 e. The first kappa shape index (κ1) is 162. The number of nitrogens with zero attached hydrogens (tertiary/aromatic N) is 2. The molecule has 112 heavy (non-hydrogen) atoms. The average Bonchev–Trinajstić information content (AvgIpc) is 3.41. The van der Waals surface area contributed by atoms with Crippen molar-refractivity contribution in [2.45, 2.75) is 290 Å². The van der Waals surface area contributed by atoms with E-state index in [9.17, 15) is 119 Å². The molecule has 2 aromatic heterocycles. The maximum absolute atomic E-state index is 9.91. The fraction of sp³-hybridized carbons (Fsp3) is 0.711. The number of rotatable bonds is 2. The molecule has 6 radical (unpaired) electrons. The van der Waals surface area contributed by atoms with Crippen molar-refractivity contribution < 1.29 is 243 Å². The monoisotopic (exact) mass is 1850 g/mol. The number of aliphatic carboxylic acids is 12. The second-order valence-corrected chi connectivity index (χ2v) is 34.8. The summed E-state index contributed by atoms with van der Waals surface area (Å²) in [7, 11) is 0. The number of aromatic nitrogens is 2. The van der Waals surface area contributed by atoms with Gasteiger partial charge in [-0.15, -0.1) is 0 Å². The topological polar surface area (TPSA) is 610 Å². The van der Waals surface area contributed by atoms with Crippen molar-refractivity contribution in [3.8, 4) is 0 Å². The summed E-state index contributed by atoms with van der Waals surface area (Å²) in [5, 5.41) is 133. The molecule has 0 amide bonds. The Balaban J connectivity index is -0.0000000416. The van der Waals surface area contributed by atoms with Crippen LogP contribution in [0.1, 0.15) is 286 Å². The second kappa shape index (κ2) is 74.7. The van der Waals surface area contributed by atoms with Crippen molar-refractivity contribution in [2.75, 3.05) is 0 Å². The van der Waals surface area contributed by atoms with Gasteiger partial charge >= 0.3 is 102 Å². The van der Waals surface area contributed by atoms with Gasteiger partial charge in [-0.1, -0.05) is 275 Å². The molecule has 0 bridgehead atoms. The van der Waals surface area contributed by atoms with E-state index < -0.39 is 137 Å². The number of pyridine rings is 2. The third-order valence-corrected chi connectivity index (χ3v) is 10.1. The molecule has 2 aromatic rings. The van der Waals surface area contributed by atoms with E-state index in [-0.39, 0.29) is 113 Å². The minimum absolute atomic E-state index is 0. The molecule has 2 rings (SSSR count). The number of carboxylic acids is 12. The Hall–Kier alpha value is -5.10. The Morgan fingerprint density at radius 3 is 0.330 bits per heavy atom. The van der Waals surface area contributed by atoms with Crippen LogP contribution >= 0.6 is 0 Å². The quantitative estimate of drug-likeness (QED) is 0.191. The van der Waals surface area contributed by atoms with E-state index in [4.69, 9.17) is 10.5 Å². The Kier molecular flexibility index (Phi) is 108. The molecule has 2 heterocycles. The van der Waals surface area contributed by atoms with Gasteiger partial charge < -0.3 is 140 Å². The van der Waals surface area contributed by atoms with Crippen LogP contribution in [-0.4, -0.2) is 81.6 Å². The van der Waals surface area contributed by atoms with Gasteiger partial charge in [-0.3, -0.25) is 9.97 Å². The summed E-state index contributed by atoms with van der Waals surface area (Å²) in [6.45, 7) is 65.8. The number of aryl methyl sites for hydroxylation is 4. The zero-order valence-electron chi connectivity index (χ0n) is 73.3. The van der Waals surface area contributed by atoms with Crippen LogP contribution in [-0.2, 0) is 184 Å². The van der Waals surface area contributed by atoms with Crippen molar-refractivity contribution in [1.82, 2.24) is 9.97 Å². The Labute approximate surface area is 733 Å². The van der Waals surface area contributed by atoms with Gasteiger partial charge in [0.1, 0.15) is 0 Å². The van der Waals surface area contributed by atoms with E-state index in [0.29, 0.717) is 0 Å². The van der Waals surface area contributed by atoms with Crippen LogP contribution in [0.15, 0.2) is 36.7 Å². The zero-order valence-corrected chi connectivity index (χ0v) is 80.0. The summed E-state index contributed by atoms with van der Waals surface area (Å²) < 4.78 is 0. The molecule has 0 saturated carbocycles. The summed E-state index contributed by atoms with van der Waals surface area (Å²) in [4.78, 5) is 127. The largest absolute Gasteiger partial charge is 3.00 e. The van der Waals surface area contributed by atoms with Crippen LogP contribution in [0.5, 0.6) is 0 Å². The maximum Gasteiger partial charge on any atom is 3.00 e. The Morgan fingerprint density at radius 1 is 0.223 bits per heavy atom. The predicted octanol–water partition coefficient (Wildman–Crippen LogP) is -1.34. The van der Waals surface area contributed by atoms with Crippen LogP contribution in [0.25, 0.3) is 0 Å². The molecule has 0 aromatic carbocycles. The molecule has 0 unspecified atom stereocenters. The van der Waals surface area contributed by atoms with Gasteiger partial charge in [-0.05, 0) is 49.9 Å². The summed E-state index contributed by atoms with van der Waals surface area (Å²) in [6.07, 6.45) is 6.01. The van der Waals surface area contributed by atoms with Gasteiger partial charge in [0.2, 0.25) is 0 Å². The minimum atomic E-state index is -1.01. The summed E-state index contributed by atoms with van der Waals surface area (Å²) in [6, 6.07) is 8.31. The van der Waals surface area contributed by atoms with E-state index in [2.05, 4.69) is 35.9 Å². The molecule has 36 heteroatoms. The molecule has 0 spiro atoms. The van der Waals surface area contributed by atoms with Crippen molar-refractivity contribution in [3.63, 3.8) is 0 Å². The van der Waals surface area contributed by atoms with E-state index in [1.54, 1.807) is 249 Å². The third-order valence-electron chi connectivity index (χ3n) is 10.1. The molecule has 0 N–H and O–H groups in total.